The third-order valence-electron chi connectivity index (χ3n) is 3.47. The summed E-state index contributed by atoms with van der Waals surface area (Å²) in [5.41, 5.74) is 7.86. The molecule has 5 nitrogen and oxygen atoms in total. The van der Waals surface area contributed by atoms with E-state index >= 15 is 0 Å². The van der Waals surface area contributed by atoms with Crippen LogP contribution in [0, 0.1) is 6.92 Å². The molecule has 2 aromatic rings. The van der Waals surface area contributed by atoms with Crippen LogP contribution in [-0.2, 0) is 4.79 Å². The molecule has 0 aromatic heterocycles. The number of hydrogen-bond donors (Lipinski definition) is 3. The molecule has 0 heterocycles. The van der Waals surface area contributed by atoms with Crippen molar-refractivity contribution in [3.63, 3.8) is 0 Å². The zero-order chi connectivity index (χ0) is 17.0. The van der Waals surface area contributed by atoms with Crippen molar-refractivity contribution in [2.75, 3.05) is 10.6 Å². The molecule has 120 valence electrons. The van der Waals surface area contributed by atoms with Gasteiger partial charge in [0, 0.05) is 22.0 Å². The molecule has 0 aliphatic rings. The Kier molecular flexibility index (Phi) is 5.24. The molecule has 2 rings (SSSR count). The maximum absolute atomic E-state index is 12.2. The van der Waals surface area contributed by atoms with Crippen molar-refractivity contribution in [1.29, 1.82) is 0 Å². The minimum Gasteiger partial charge on any atom is -0.374 e. The standard InChI is InChI=1S/C17H18ClN3O2/c1-10-14(18)4-3-5-15(10)20-11(2)17(23)21-13-8-6-12(7-9-13)16(19)22/h3-9,11,20H,1-2H3,(H2,19,22)(H,21,23)/t11-/m1/s1. The number of benzene rings is 2. The number of carbonyl (C=O) groups excluding carboxylic acids is 2. The molecule has 0 unspecified atom stereocenters. The molecule has 2 amide bonds. The van der Waals surface area contributed by atoms with Crippen LogP contribution < -0.4 is 16.4 Å². The molecule has 0 saturated carbocycles. The normalized spacial score (nSPS) is 11.6. The Morgan fingerprint density at radius 3 is 2.39 bits per heavy atom. The zero-order valence-corrected chi connectivity index (χ0v) is 13.6. The van der Waals surface area contributed by atoms with Crippen LogP contribution in [0.1, 0.15) is 22.8 Å². The zero-order valence-electron chi connectivity index (χ0n) is 12.9. The van der Waals surface area contributed by atoms with Crippen molar-refractivity contribution in [3.05, 3.63) is 58.6 Å². The predicted octanol–water partition coefficient (Wildman–Crippen LogP) is 3.19. The number of amides is 2. The molecule has 23 heavy (non-hydrogen) atoms. The van der Waals surface area contributed by atoms with Crippen molar-refractivity contribution in [1.82, 2.24) is 0 Å². The number of nitrogens with one attached hydrogen (secondary N) is 2. The van der Waals surface area contributed by atoms with Crippen molar-refractivity contribution in [3.8, 4) is 0 Å². The molecule has 0 bridgehead atoms. The lowest BCUT2D eigenvalue weighted by Gasteiger charge is -2.17. The van der Waals surface area contributed by atoms with E-state index in [1.165, 1.54) is 0 Å². The molecule has 4 N–H and O–H groups in total. The fraction of sp³-hybridized carbons (Fsp3) is 0.176. The van der Waals surface area contributed by atoms with Crippen LogP contribution in [0.25, 0.3) is 0 Å². The molecular weight excluding hydrogens is 314 g/mol. The number of hydrogen-bond acceptors (Lipinski definition) is 3. The van der Waals surface area contributed by atoms with Gasteiger partial charge in [0.15, 0.2) is 0 Å². The first kappa shape index (κ1) is 16.8. The summed E-state index contributed by atoms with van der Waals surface area (Å²) in [7, 11) is 0. The molecule has 0 aliphatic heterocycles. The Labute approximate surface area is 139 Å². The Balaban J connectivity index is 2.02. The first-order valence-corrected chi connectivity index (χ1v) is 7.48. The highest BCUT2D eigenvalue weighted by Gasteiger charge is 2.14. The number of carbonyl (C=O) groups is 2. The Bertz CT molecular complexity index is 729. The van der Waals surface area contributed by atoms with Gasteiger partial charge in [-0.15, -0.1) is 0 Å². The highest BCUT2D eigenvalue weighted by atomic mass is 35.5. The van der Waals surface area contributed by atoms with Gasteiger partial charge >= 0.3 is 0 Å². The molecule has 2 aromatic carbocycles. The Morgan fingerprint density at radius 1 is 1.13 bits per heavy atom. The fourth-order valence-corrected chi connectivity index (χ4v) is 2.21. The van der Waals surface area contributed by atoms with E-state index in [0.29, 0.717) is 16.3 Å². The monoisotopic (exact) mass is 331 g/mol. The van der Waals surface area contributed by atoms with E-state index in [9.17, 15) is 9.59 Å². The van der Waals surface area contributed by atoms with E-state index in [-0.39, 0.29) is 5.91 Å². The highest BCUT2D eigenvalue weighted by molar-refractivity contribution is 6.31. The van der Waals surface area contributed by atoms with Gasteiger partial charge < -0.3 is 16.4 Å². The van der Waals surface area contributed by atoms with Crippen LogP contribution in [-0.4, -0.2) is 17.9 Å². The molecule has 0 fully saturated rings. The van der Waals surface area contributed by atoms with Gasteiger partial charge in [0.05, 0.1) is 0 Å². The first-order chi connectivity index (χ1) is 10.9. The second-order valence-electron chi connectivity index (χ2n) is 5.21. The number of primary amides is 1. The summed E-state index contributed by atoms with van der Waals surface area (Å²) in [6, 6.07) is 11.4. The lowest BCUT2D eigenvalue weighted by molar-refractivity contribution is -0.116. The van der Waals surface area contributed by atoms with Gasteiger partial charge in [-0.05, 0) is 55.8 Å². The van der Waals surface area contributed by atoms with Crippen molar-refractivity contribution in [2.24, 2.45) is 5.73 Å². The largest absolute Gasteiger partial charge is 0.374 e. The minimum atomic E-state index is -0.505. The SMILES string of the molecule is Cc1c(Cl)cccc1N[C@H](C)C(=O)Nc1ccc(C(N)=O)cc1. The van der Waals surface area contributed by atoms with Gasteiger partial charge in [0.1, 0.15) is 6.04 Å². The third-order valence-corrected chi connectivity index (χ3v) is 3.88. The number of halogens is 1. The molecule has 1 atom stereocenters. The molecule has 0 aliphatic carbocycles. The van der Waals surface area contributed by atoms with Crippen LogP contribution in [0.4, 0.5) is 11.4 Å². The van der Waals surface area contributed by atoms with E-state index in [1.807, 2.05) is 19.1 Å². The molecule has 0 spiro atoms. The van der Waals surface area contributed by atoms with Crippen LogP contribution >= 0.6 is 11.6 Å². The summed E-state index contributed by atoms with van der Waals surface area (Å²) in [4.78, 5) is 23.3. The lowest BCUT2D eigenvalue weighted by Crippen LogP contribution is -2.32. The van der Waals surface area contributed by atoms with E-state index in [1.54, 1.807) is 37.3 Å². The van der Waals surface area contributed by atoms with Crippen molar-refractivity contribution in [2.45, 2.75) is 19.9 Å². The van der Waals surface area contributed by atoms with Gasteiger partial charge in [-0.3, -0.25) is 9.59 Å². The number of anilines is 2. The molecule has 6 heteroatoms. The predicted molar refractivity (Wildman–Crippen MR) is 92.9 cm³/mol. The van der Waals surface area contributed by atoms with Crippen LogP contribution in [0.3, 0.4) is 0 Å². The summed E-state index contributed by atoms with van der Waals surface area (Å²) in [6.45, 7) is 3.64. The fourth-order valence-electron chi connectivity index (χ4n) is 2.03. The summed E-state index contributed by atoms with van der Waals surface area (Å²) >= 11 is 6.07. The van der Waals surface area contributed by atoms with Crippen LogP contribution in [0.5, 0.6) is 0 Å². The number of nitrogens with two attached hydrogens (primary N) is 1. The maximum atomic E-state index is 12.2. The van der Waals surface area contributed by atoms with Crippen LogP contribution in [0.15, 0.2) is 42.5 Å². The van der Waals surface area contributed by atoms with Crippen molar-refractivity contribution < 1.29 is 9.59 Å². The minimum absolute atomic E-state index is 0.198. The first-order valence-electron chi connectivity index (χ1n) is 7.11. The van der Waals surface area contributed by atoms with Gasteiger partial charge in [-0.1, -0.05) is 17.7 Å². The summed E-state index contributed by atoms with van der Waals surface area (Å²) in [5, 5.41) is 6.55. The van der Waals surface area contributed by atoms with Gasteiger partial charge in [-0.2, -0.15) is 0 Å². The summed E-state index contributed by atoms with van der Waals surface area (Å²) in [6.07, 6.45) is 0. The number of rotatable bonds is 5. The Morgan fingerprint density at radius 2 is 1.78 bits per heavy atom. The molecule has 0 radical (unpaired) electrons. The van der Waals surface area contributed by atoms with E-state index in [4.69, 9.17) is 17.3 Å². The lowest BCUT2D eigenvalue weighted by atomic mass is 10.1. The highest BCUT2D eigenvalue weighted by Crippen LogP contribution is 2.23. The average Bonchev–Trinajstić information content (AvgIpc) is 2.52. The Hall–Kier alpha value is -2.53. The van der Waals surface area contributed by atoms with Gasteiger partial charge in [0.2, 0.25) is 11.8 Å². The van der Waals surface area contributed by atoms with E-state index in [0.717, 1.165) is 11.3 Å². The van der Waals surface area contributed by atoms with Gasteiger partial charge in [-0.25, -0.2) is 0 Å². The van der Waals surface area contributed by atoms with Gasteiger partial charge in [0.25, 0.3) is 0 Å². The average molecular weight is 332 g/mol. The smallest absolute Gasteiger partial charge is 0.248 e. The second-order valence-corrected chi connectivity index (χ2v) is 5.62. The molecular formula is C17H18ClN3O2. The van der Waals surface area contributed by atoms with E-state index in [2.05, 4.69) is 10.6 Å². The maximum Gasteiger partial charge on any atom is 0.248 e. The van der Waals surface area contributed by atoms with E-state index < -0.39 is 11.9 Å². The molecule has 0 saturated heterocycles. The summed E-state index contributed by atoms with van der Waals surface area (Å²) < 4.78 is 0. The van der Waals surface area contributed by atoms with Crippen molar-refractivity contribution >= 4 is 34.8 Å². The quantitative estimate of drug-likeness (QED) is 0.786. The van der Waals surface area contributed by atoms with Crippen LogP contribution in [0.2, 0.25) is 5.02 Å². The topological polar surface area (TPSA) is 84.2 Å². The second kappa shape index (κ2) is 7.15. The third kappa shape index (κ3) is 4.23. The summed E-state index contributed by atoms with van der Waals surface area (Å²) in [5.74, 6) is -0.703.